The number of imidazole rings is 2. The molecule has 4 aromatic heterocycles. The van der Waals surface area contributed by atoms with Crippen molar-refractivity contribution in [3.05, 3.63) is 109 Å². The Kier molecular flexibility index (Phi) is 13.7. The molecule has 0 spiro atoms. The summed E-state index contributed by atoms with van der Waals surface area (Å²) in [4.78, 5) is 61.0. The number of hydrogen-bond donors (Lipinski definition) is 2. The van der Waals surface area contributed by atoms with E-state index in [4.69, 9.17) is 71.5 Å². The molecule has 3 fully saturated rings. The topological polar surface area (TPSA) is 198 Å². The highest BCUT2D eigenvalue weighted by Gasteiger charge is 2.53. The molecule has 4 unspecified atom stereocenters. The van der Waals surface area contributed by atoms with Crippen molar-refractivity contribution in [1.82, 2.24) is 49.2 Å². The quantitative estimate of drug-likeness (QED) is 0.102. The Morgan fingerprint density at radius 3 is 1.63 bits per heavy atom. The number of carbonyl (C=O) groups is 2. The van der Waals surface area contributed by atoms with E-state index < -0.39 is 58.0 Å². The molecule has 71 heavy (non-hydrogen) atoms. The molecule has 2 aromatic carbocycles. The van der Waals surface area contributed by atoms with Gasteiger partial charge in [-0.2, -0.15) is 0 Å². The van der Waals surface area contributed by atoms with Gasteiger partial charge in [-0.15, -0.1) is 0 Å². The largest absolute Gasteiger partial charge is 0.408 e. The van der Waals surface area contributed by atoms with Gasteiger partial charge in [0.15, 0.2) is 48.5 Å². The maximum absolute atomic E-state index is 14.7. The minimum Gasteiger partial charge on any atom is -0.408 e. The van der Waals surface area contributed by atoms with Crippen LogP contribution in [0.15, 0.2) is 98.1 Å². The summed E-state index contributed by atoms with van der Waals surface area (Å²) in [6.07, 6.45) is 0.999. The number of anilines is 2. The van der Waals surface area contributed by atoms with Crippen molar-refractivity contribution >= 4 is 90.5 Å². The van der Waals surface area contributed by atoms with Gasteiger partial charge in [0.25, 0.3) is 11.8 Å². The molecule has 2 N–H and O–H groups in total. The smallest absolute Gasteiger partial charge is 0.259 e. The predicted molar refractivity (Wildman–Crippen MR) is 281 cm³/mol. The molecule has 5 aliphatic rings. The van der Waals surface area contributed by atoms with Gasteiger partial charge in [0.05, 0.1) is 38.0 Å². The van der Waals surface area contributed by atoms with Crippen LogP contribution in [-0.4, -0.2) is 129 Å². The van der Waals surface area contributed by atoms with Crippen LogP contribution in [0.4, 0.5) is 11.6 Å². The number of fused-ring (bicyclic) bond motifs is 10. The Balaban J connectivity index is 1.16. The van der Waals surface area contributed by atoms with E-state index in [0.717, 1.165) is 0 Å². The highest BCUT2D eigenvalue weighted by molar-refractivity contribution is 8.11. The molecule has 0 aliphatic carbocycles. The number of benzene rings is 2. The van der Waals surface area contributed by atoms with Crippen molar-refractivity contribution in [2.24, 2.45) is 5.92 Å². The first kappa shape index (κ1) is 50.0. The minimum atomic E-state index is -2.86. The van der Waals surface area contributed by atoms with E-state index in [1.807, 2.05) is 71.0 Å². The van der Waals surface area contributed by atoms with E-state index in [1.54, 1.807) is 46.7 Å². The van der Waals surface area contributed by atoms with Crippen LogP contribution in [0.3, 0.4) is 0 Å². The number of hydrogen-bond acceptors (Lipinski definition) is 15. The maximum Gasteiger partial charge on any atom is 0.259 e. The maximum atomic E-state index is 14.7. The number of ether oxygens (including phenoxy) is 2. The molecule has 11 rings (SSSR count). The summed E-state index contributed by atoms with van der Waals surface area (Å²) in [5.74, 6) is -0.281. The lowest BCUT2D eigenvalue weighted by Gasteiger charge is -2.41. The zero-order valence-electron chi connectivity index (χ0n) is 40.7. The van der Waals surface area contributed by atoms with Crippen LogP contribution in [0, 0.1) is 5.92 Å². The highest BCUT2D eigenvalue weighted by Crippen LogP contribution is 2.51. The van der Waals surface area contributed by atoms with Gasteiger partial charge in [-0.25, -0.2) is 29.9 Å². The molecule has 24 heteroatoms. The van der Waals surface area contributed by atoms with Crippen LogP contribution in [0.1, 0.15) is 60.9 Å². The molecule has 14 bridgehead atoms. The van der Waals surface area contributed by atoms with E-state index in [1.165, 1.54) is 12.7 Å². The Bertz CT molecular complexity index is 3110. The van der Waals surface area contributed by atoms with E-state index in [9.17, 15) is 9.59 Å². The summed E-state index contributed by atoms with van der Waals surface area (Å²) in [6.45, 7) is 17.2. The van der Waals surface area contributed by atoms with E-state index in [2.05, 4.69) is 55.9 Å². The van der Waals surface area contributed by atoms with Crippen LogP contribution in [0.25, 0.3) is 22.3 Å². The van der Waals surface area contributed by atoms with Crippen molar-refractivity contribution in [3.8, 4) is 0 Å². The van der Waals surface area contributed by atoms with Crippen molar-refractivity contribution in [1.29, 1.82) is 0 Å². The summed E-state index contributed by atoms with van der Waals surface area (Å²) < 4.78 is 38.8. The second kappa shape index (κ2) is 19.4. The zero-order chi connectivity index (χ0) is 50.0. The number of aromatic nitrogens is 8. The molecule has 2 amide bonds. The molecular weight excluding hydrogens is 999 g/mol. The highest BCUT2D eigenvalue weighted by atomic mass is 32.5. The lowest BCUT2D eigenvalue weighted by Crippen LogP contribution is -2.52. The molecule has 6 aromatic rings. The first-order valence-corrected chi connectivity index (χ1v) is 32.8. The molecule has 19 nitrogen and oxygen atoms in total. The standard InChI is InChI=1S/C47H58N12O7P2S2Si/c1-29-34-32-23-62-68(6,70)55-35-33(24-63-67(5,69)54-34)65-46(38(35)66-71(7,8)47(2,3)4)59-28-53-37-40(49-26-51-42(37)59)57(44(61)31-19-13-10-14-20-31)22-16-15-21-56(43(60)30-17-11-9-12-18-30)39-36-41(50-25-48-39)58(27-52-36)45(29)64-32/h9-20,25-29,32-35,38,45-46H,21-24H2,1-8H3,(H,54,69)(H,55,70)/b16-15+/t29-,32-,33-,34+,35-,38-,45?,46?,67?,68?/m1/s1. The van der Waals surface area contributed by atoms with Gasteiger partial charge in [0.2, 0.25) is 0 Å². The van der Waals surface area contributed by atoms with Gasteiger partial charge in [0.1, 0.15) is 43.9 Å². The average molecular weight is 1060 g/mol. The fourth-order valence-corrected chi connectivity index (χ4v) is 14.5. The first-order valence-electron chi connectivity index (χ1n) is 23.5. The normalized spacial score (nSPS) is 30.1. The van der Waals surface area contributed by atoms with Crippen molar-refractivity contribution < 1.29 is 32.5 Å². The summed E-state index contributed by atoms with van der Waals surface area (Å²) in [5.41, 5.74) is 2.52. The lowest BCUT2D eigenvalue weighted by atomic mass is 10.00. The second-order valence-electron chi connectivity index (χ2n) is 20.0. The number of amides is 2. The summed E-state index contributed by atoms with van der Waals surface area (Å²) in [7, 11) is -2.56. The Morgan fingerprint density at radius 1 is 0.690 bits per heavy atom. The molecule has 0 radical (unpaired) electrons. The SMILES string of the molecule is C[C@H]1C2O[C@@H]3COP(C)(=S)N[C@@H]4[C@@H](COP(C)(=S)N[C@H]31)OC([C@@H]4O[Si](C)(C)C(C)(C)C)n1cnc3c(ncnc31)N(C(=O)c1ccccc1)C/C=C/CN(C(=O)c1ccccc1)c1ncnc3c1ncn32. The fourth-order valence-electron chi connectivity index (χ4n) is 9.33. The number of carbonyl (C=O) groups excluding carboxylic acids is 2. The van der Waals surface area contributed by atoms with Gasteiger partial charge < -0.3 is 22.9 Å². The van der Waals surface area contributed by atoms with E-state index in [0.29, 0.717) is 39.3 Å². The van der Waals surface area contributed by atoms with Gasteiger partial charge >= 0.3 is 0 Å². The number of nitrogens with zero attached hydrogens (tertiary/aromatic N) is 10. The summed E-state index contributed by atoms with van der Waals surface area (Å²) >= 11 is 12.7. The summed E-state index contributed by atoms with van der Waals surface area (Å²) in [5, 5.41) is 7.28. The molecular formula is C47H58N12O7P2S2Si. The summed E-state index contributed by atoms with van der Waals surface area (Å²) in [6, 6.07) is 17.1. The van der Waals surface area contributed by atoms with Crippen LogP contribution >= 0.6 is 12.8 Å². The van der Waals surface area contributed by atoms with Gasteiger partial charge in [-0.1, -0.05) is 99.9 Å². The van der Waals surface area contributed by atoms with Crippen LogP contribution < -0.4 is 20.0 Å². The Morgan fingerprint density at radius 2 is 1.14 bits per heavy atom. The van der Waals surface area contributed by atoms with Crippen LogP contribution in [0.5, 0.6) is 0 Å². The van der Waals surface area contributed by atoms with Gasteiger partial charge in [-0.05, 0) is 42.4 Å². The molecule has 374 valence electrons. The minimum absolute atomic E-state index is 0.0493. The fraction of sp³-hybridized carbons (Fsp3) is 0.447. The zero-order valence-corrected chi connectivity index (χ0v) is 45.1. The molecule has 9 heterocycles. The Labute approximate surface area is 423 Å². The first-order chi connectivity index (χ1) is 33.8. The molecule has 0 saturated carbocycles. The third-order valence-corrected chi connectivity index (χ3v) is 22.6. The predicted octanol–water partition coefficient (Wildman–Crippen LogP) is 7.19. The Hall–Kier alpha value is -4.54. The monoisotopic (exact) mass is 1060 g/mol. The molecule has 3 saturated heterocycles. The van der Waals surface area contributed by atoms with Gasteiger partial charge in [-0.3, -0.25) is 38.7 Å². The lowest BCUT2D eigenvalue weighted by molar-refractivity contribution is -0.0426. The van der Waals surface area contributed by atoms with Crippen molar-refractivity contribution in [3.63, 3.8) is 0 Å². The van der Waals surface area contributed by atoms with Crippen LogP contribution in [0.2, 0.25) is 18.1 Å². The average Bonchev–Trinajstić information content (AvgIpc) is 4.12. The molecule has 5 aliphatic heterocycles. The van der Waals surface area contributed by atoms with E-state index >= 15 is 0 Å². The third kappa shape index (κ3) is 9.75. The van der Waals surface area contributed by atoms with E-state index in [-0.39, 0.29) is 60.9 Å². The van der Waals surface area contributed by atoms with Crippen LogP contribution in [-0.2, 0) is 46.6 Å². The van der Waals surface area contributed by atoms with Crippen molar-refractivity contribution in [2.45, 2.75) is 88.7 Å². The molecule has 10 atom stereocenters. The second-order valence-corrected chi connectivity index (χ2v) is 33.4. The number of nitrogens with one attached hydrogen (secondary N) is 2. The number of rotatable bonds is 4. The van der Waals surface area contributed by atoms with Crippen molar-refractivity contribution in [2.75, 3.05) is 49.4 Å². The van der Waals surface area contributed by atoms with Gasteiger partial charge in [0, 0.05) is 49.5 Å². The third-order valence-electron chi connectivity index (χ3n) is 14.1.